The number of hydrogen-bond acceptors (Lipinski definition) is 5. The summed E-state index contributed by atoms with van der Waals surface area (Å²) in [6.45, 7) is 5.15. The molecule has 0 saturated carbocycles. The van der Waals surface area contributed by atoms with Crippen molar-refractivity contribution in [3.63, 3.8) is 0 Å². The highest BCUT2D eigenvalue weighted by molar-refractivity contribution is 6.02. The first-order chi connectivity index (χ1) is 19.5. The van der Waals surface area contributed by atoms with Crippen LogP contribution in [0.3, 0.4) is 0 Å². The van der Waals surface area contributed by atoms with E-state index in [4.69, 9.17) is 9.90 Å². The third-order valence-corrected chi connectivity index (χ3v) is 7.18. The summed E-state index contributed by atoms with van der Waals surface area (Å²) in [5.74, 6) is -2.44. The van der Waals surface area contributed by atoms with Crippen LogP contribution in [0.2, 0.25) is 0 Å². The molecule has 8 nitrogen and oxygen atoms in total. The van der Waals surface area contributed by atoms with Gasteiger partial charge in [-0.15, -0.1) is 0 Å². The molecule has 3 heterocycles. The van der Waals surface area contributed by atoms with Gasteiger partial charge in [0.15, 0.2) is 0 Å². The molecule has 1 saturated heterocycles. The smallest absolute Gasteiger partial charge is 0.475 e. The van der Waals surface area contributed by atoms with Crippen LogP contribution in [0.15, 0.2) is 73.1 Å². The number of benzene rings is 2. The number of halogens is 3. The lowest BCUT2D eigenvalue weighted by Gasteiger charge is -2.36. The normalized spacial score (nSPS) is 15.9. The summed E-state index contributed by atoms with van der Waals surface area (Å²) in [6, 6.07) is 19.7. The van der Waals surface area contributed by atoms with Crippen LogP contribution in [0.25, 0.3) is 0 Å². The molecule has 2 aliphatic heterocycles. The molecule has 1 aromatic heterocycles. The van der Waals surface area contributed by atoms with Crippen LogP contribution >= 0.6 is 0 Å². The molecule has 41 heavy (non-hydrogen) atoms. The first-order valence-corrected chi connectivity index (χ1v) is 13.2. The number of carboxylic acids is 1. The Labute approximate surface area is 236 Å². The van der Waals surface area contributed by atoms with Gasteiger partial charge in [0.05, 0.1) is 0 Å². The van der Waals surface area contributed by atoms with Crippen LogP contribution in [-0.2, 0) is 16.1 Å². The van der Waals surface area contributed by atoms with Crippen molar-refractivity contribution in [1.82, 2.24) is 9.88 Å². The Hall–Kier alpha value is -4.41. The lowest BCUT2D eigenvalue weighted by Crippen LogP contribution is -2.44. The molecule has 1 fully saturated rings. The zero-order valence-electron chi connectivity index (χ0n) is 22.6. The molecule has 1 N–H and O–H groups in total. The summed E-state index contributed by atoms with van der Waals surface area (Å²) in [7, 11) is 0. The average molecular weight is 569 g/mol. The Morgan fingerprint density at radius 1 is 0.951 bits per heavy atom. The lowest BCUT2D eigenvalue weighted by atomic mass is 9.95. The zero-order chi connectivity index (χ0) is 29.6. The fourth-order valence-electron chi connectivity index (χ4n) is 4.96. The number of carbonyl (C=O) groups is 3. The van der Waals surface area contributed by atoms with Gasteiger partial charge < -0.3 is 19.8 Å². The first-order valence-electron chi connectivity index (χ1n) is 13.2. The second-order valence-corrected chi connectivity index (χ2v) is 10.1. The molecule has 0 aliphatic carbocycles. The second-order valence-electron chi connectivity index (χ2n) is 10.1. The summed E-state index contributed by atoms with van der Waals surface area (Å²) < 4.78 is 31.7. The predicted octanol–water partition coefficient (Wildman–Crippen LogP) is 4.93. The van der Waals surface area contributed by atoms with E-state index in [1.165, 1.54) is 5.69 Å². The Balaban J connectivity index is 0.000000493. The van der Waals surface area contributed by atoms with E-state index >= 15 is 0 Å². The van der Waals surface area contributed by atoms with E-state index in [1.54, 1.807) is 4.90 Å². The van der Waals surface area contributed by atoms with Crippen molar-refractivity contribution in [2.45, 2.75) is 32.5 Å². The summed E-state index contributed by atoms with van der Waals surface area (Å²) in [6.07, 6.45) is 0.635. The van der Waals surface area contributed by atoms with Crippen molar-refractivity contribution < 1.29 is 32.7 Å². The Bertz CT molecular complexity index is 1360. The third kappa shape index (κ3) is 7.62. The number of pyridine rings is 1. The van der Waals surface area contributed by atoms with Crippen molar-refractivity contribution in [2.75, 3.05) is 36.0 Å². The molecule has 0 unspecified atom stereocenters. The number of aliphatic carboxylic acids is 1. The number of alkyl halides is 3. The Morgan fingerprint density at radius 3 is 2.17 bits per heavy atom. The lowest BCUT2D eigenvalue weighted by molar-refractivity contribution is -0.192. The van der Waals surface area contributed by atoms with Crippen molar-refractivity contribution in [2.24, 2.45) is 5.92 Å². The monoisotopic (exact) mass is 568 g/mol. The van der Waals surface area contributed by atoms with E-state index in [-0.39, 0.29) is 18.4 Å². The number of piperidine rings is 1. The number of nitrogens with zero attached hydrogens (tertiary/aromatic N) is 4. The fourth-order valence-corrected chi connectivity index (χ4v) is 4.96. The molecule has 0 spiro atoms. The minimum absolute atomic E-state index is 0.0121. The minimum Gasteiger partial charge on any atom is -0.475 e. The van der Waals surface area contributed by atoms with E-state index in [2.05, 4.69) is 22.0 Å². The van der Waals surface area contributed by atoms with Gasteiger partial charge in [-0.25, -0.2) is 4.79 Å². The maximum absolute atomic E-state index is 13.5. The predicted molar refractivity (Wildman–Crippen MR) is 148 cm³/mol. The van der Waals surface area contributed by atoms with E-state index in [1.807, 2.05) is 72.7 Å². The standard InChI is InChI=1S/C28H30N4O2.C2HF3O2/c1-21-6-8-23(9-7-21)28(34)31-19-24-4-2-3-5-26(24)32(27(33)20-31)18-22-12-16-30(17-13-22)25-10-14-29-15-11-25;3-2(4,5)1(6)7/h2-11,14-15,22H,12-13,16-20H2,1H3;(H,6,7). The molecule has 2 amide bonds. The van der Waals surface area contributed by atoms with Crippen molar-refractivity contribution in [3.05, 3.63) is 89.7 Å². The summed E-state index contributed by atoms with van der Waals surface area (Å²) in [5.41, 5.74) is 4.88. The zero-order valence-corrected chi connectivity index (χ0v) is 22.6. The maximum Gasteiger partial charge on any atom is 0.490 e. The van der Waals surface area contributed by atoms with E-state index in [0.717, 1.165) is 42.7 Å². The van der Waals surface area contributed by atoms with Crippen LogP contribution in [-0.4, -0.2) is 65.1 Å². The quantitative estimate of drug-likeness (QED) is 0.480. The van der Waals surface area contributed by atoms with E-state index in [9.17, 15) is 22.8 Å². The van der Waals surface area contributed by atoms with Crippen molar-refractivity contribution >= 4 is 29.2 Å². The number of aromatic nitrogens is 1. The molecular formula is C30H31F3N4O4. The number of carbonyl (C=O) groups excluding carboxylic acids is 2. The number of amides is 2. The number of rotatable bonds is 4. The first kappa shape index (κ1) is 29.6. The van der Waals surface area contributed by atoms with Gasteiger partial charge in [-0.3, -0.25) is 14.6 Å². The SMILES string of the molecule is Cc1ccc(C(=O)N2CC(=O)N(CC3CCN(c4ccncc4)CC3)c3ccccc3C2)cc1.O=C(O)C(F)(F)F. The summed E-state index contributed by atoms with van der Waals surface area (Å²) in [5, 5.41) is 7.12. The molecule has 0 bridgehead atoms. The van der Waals surface area contributed by atoms with Crippen LogP contribution < -0.4 is 9.80 Å². The maximum atomic E-state index is 13.5. The second kappa shape index (κ2) is 12.8. The van der Waals surface area contributed by atoms with E-state index < -0.39 is 12.1 Å². The average Bonchev–Trinajstić information content (AvgIpc) is 3.10. The van der Waals surface area contributed by atoms with Crippen LogP contribution in [0.4, 0.5) is 24.5 Å². The van der Waals surface area contributed by atoms with Gasteiger partial charge in [0, 0.05) is 55.5 Å². The van der Waals surface area contributed by atoms with Gasteiger partial charge in [0.1, 0.15) is 6.54 Å². The molecule has 216 valence electrons. The molecule has 0 atom stereocenters. The van der Waals surface area contributed by atoms with Gasteiger partial charge >= 0.3 is 12.1 Å². The summed E-state index contributed by atoms with van der Waals surface area (Å²) >= 11 is 0. The number of fused-ring (bicyclic) bond motifs is 1. The van der Waals surface area contributed by atoms with Gasteiger partial charge in [-0.2, -0.15) is 13.2 Å². The van der Waals surface area contributed by atoms with Gasteiger partial charge in [0.2, 0.25) is 5.91 Å². The number of carboxylic acid groups (broad SMARTS) is 1. The number of anilines is 2. The molecule has 11 heteroatoms. The van der Waals surface area contributed by atoms with E-state index in [0.29, 0.717) is 24.6 Å². The van der Waals surface area contributed by atoms with Gasteiger partial charge in [0.25, 0.3) is 5.91 Å². The van der Waals surface area contributed by atoms with Crippen LogP contribution in [0.1, 0.15) is 34.3 Å². The highest BCUT2D eigenvalue weighted by Crippen LogP contribution is 2.30. The fraction of sp³-hybridized carbons (Fsp3) is 0.333. The molecule has 2 aliphatic rings. The topological polar surface area (TPSA) is 94.1 Å². The number of para-hydroxylation sites is 1. The highest BCUT2D eigenvalue weighted by Gasteiger charge is 2.38. The molecular weight excluding hydrogens is 537 g/mol. The largest absolute Gasteiger partial charge is 0.490 e. The Morgan fingerprint density at radius 2 is 1.56 bits per heavy atom. The van der Waals surface area contributed by atoms with Crippen molar-refractivity contribution in [1.29, 1.82) is 0 Å². The molecule has 5 rings (SSSR count). The van der Waals surface area contributed by atoms with Crippen LogP contribution in [0.5, 0.6) is 0 Å². The molecule has 3 aromatic rings. The summed E-state index contributed by atoms with van der Waals surface area (Å²) in [4.78, 5) is 45.7. The van der Waals surface area contributed by atoms with Crippen LogP contribution in [0, 0.1) is 12.8 Å². The highest BCUT2D eigenvalue weighted by atomic mass is 19.4. The third-order valence-electron chi connectivity index (χ3n) is 7.18. The van der Waals surface area contributed by atoms with Crippen molar-refractivity contribution in [3.8, 4) is 0 Å². The molecule has 2 aromatic carbocycles. The van der Waals surface area contributed by atoms with Gasteiger partial charge in [-0.1, -0.05) is 35.9 Å². The molecule has 0 radical (unpaired) electrons. The Kier molecular flexibility index (Phi) is 9.26. The number of aryl methyl sites for hydroxylation is 1. The van der Waals surface area contributed by atoms with Gasteiger partial charge in [-0.05, 0) is 61.6 Å². The minimum atomic E-state index is -5.08. The number of hydrogen-bond donors (Lipinski definition) is 1.